The van der Waals surface area contributed by atoms with Crippen LogP contribution in [-0.2, 0) is 14.3 Å². The second-order valence-corrected chi connectivity index (χ2v) is 9.65. The third kappa shape index (κ3) is 4.84. The highest BCUT2D eigenvalue weighted by atomic mass is 32.2. The summed E-state index contributed by atoms with van der Waals surface area (Å²) in [7, 11) is 0. The number of thioether (sulfide) groups is 1. The summed E-state index contributed by atoms with van der Waals surface area (Å²) in [6.45, 7) is 1.95. The van der Waals surface area contributed by atoms with E-state index >= 15 is 0 Å². The number of ether oxygens (including phenoxy) is 2. The van der Waals surface area contributed by atoms with Gasteiger partial charge in [-0.05, 0) is 37.1 Å². The van der Waals surface area contributed by atoms with Crippen LogP contribution in [0.4, 0.5) is 10.5 Å². The Balaban J connectivity index is 1.12. The summed E-state index contributed by atoms with van der Waals surface area (Å²) in [5.41, 5.74) is 0.801. The Morgan fingerprint density at radius 2 is 1.76 bits per heavy atom. The smallest absolute Gasteiger partial charge is 0.410 e. The monoisotopic (exact) mass is 481 g/mol. The zero-order valence-electron chi connectivity index (χ0n) is 18.8. The number of rotatable bonds is 6. The fraction of sp³-hybridized carbons (Fsp3) is 0.400. The van der Waals surface area contributed by atoms with Crippen molar-refractivity contribution in [1.82, 2.24) is 9.80 Å². The lowest BCUT2D eigenvalue weighted by Crippen LogP contribution is -2.50. The number of likely N-dealkylation sites (tertiary alicyclic amines) is 1. The Kier molecular flexibility index (Phi) is 6.62. The highest BCUT2D eigenvalue weighted by Crippen LogP contribution is 2.35. The Bertz CT molecular complexity index is 1060. The van der Waals surface area contributed by atoms with E-state index in [1.807, 2.05) is 54.6 Å². The van der Waals surface area contributed by atoms with Gasteiger partial charge in [-0.25, -0.2) is 4.79 Å². The Morgan fingerprint density at radius 3 is 2.56 bits per heavy atom. The lowest BCUT2D eigenvalue weighted by atomic mass is 10.0. The van der Waals surface area contributed by atoms with Crippen molar-refractivity contribution in [3.8, 4) is 5.75 Å². The van der Waals surface area contributed by atoms with Gasteiger partial charge in [0.15, 0.2) is 6.10 Å². The predicted octanol–water partition coefficient (Wildman–Crippen LogP) is 3.02. The molecule has 2 aromatic rings. The van der Waals surface area contributed by atoms with Gasteiger partial charge in [-0.1, -0.05) is 30.3 Å². The molecular weight excluding hydrogens is 454 g/mol. The molecule has 2 fully saturated rings. The molecule has 178 valence electrons. The van der Waals surface area contributed by atoms with E-state index in [2.05, 4.69) is 0 Å². The molecule has 0 aliphatic carbocycles. The number of hydrogen-bond donors (Lipinski definition) is 0. The van der Waals surface area contributed by atoms with Crippen LogP contribution in [0, 0.1) is 0 Å². The maximum absolute atomic E-state index is 13.0. The Morgan fingerprint density at radius 1 is 1.03 bits per heavy atom. The summed E-state index contributed by atoms with van der Waals surface area (Å²) in [5, 5.41) is 0. The van der Waals surface area contributed by atoms with Crippen molar-refractivity contribution in [3.63, 3.8) is 0 Å². The average molecular weight is 482 g/mol. The molecule has 0 radical (unpaired) electrons. The van der Waals surface area contributed by atoms with Crippen molar-refractivity contribution in [2.45, 2.75) is 29.9 Å². The van der Waals surface area contributed by atoms with E-state index in [1.54, 1.807) is 14.7 Å². The van der Waals surface area contributed by atoms with Crippen molar-refractivity contribution in [3.05, 3.63) is 54.6 Å². The summed E-state index contributed by atoms with van der Waals surface area (Å²) in [5.74, 6) is 0.984. The zero-order valence-corrected chi connectivity index (χ0v) is 19.6. The number of piperidine rings is 1. The second kappa shape index (κ2) is 9.97. The first kappa shape index (κ1) is 22.6. The van der Waals surface area contributed by atoms with E-state index in [1.165, 1.54) is 11.8 Å². The van der Waals surface area contributed by atoms with Crippen LogP contribution in [0.25, 0.3) is 0 Å². The number of fused-ring (bicyclic) bond motifs is 1. The number of benzene rings is 2. The predicted molar refractivity (Wildman–Crippen MR) is 128 cm³/mol. The second-order valence-electron chi connectivity index (χ2n) is 8.63. The van der Waals surface area contributed by atoms with E-state index < -0.39 is 0 Å². The molecule has 0 spiro atoms. The molecule has 9 heteroatoms. The van der Waals surface area contributed by atoms with Crippen LogP contribution in [0.2, 0.25) is 0 Å². The molecule has 1 unspecified atom stereocenters. The first-order valence-electron chi connectivity index (χ1n) is 11.5. The van der Waals surface area contributed by atoms with Crippen LogP contribution in [0.3, 0.4) is 0 Å². The molecule has 0 bridgehead atoms. The van der Waals surface area contributed by atoms with Crippen LogP contribution in [0.5, 0.6) is 5.75 Å². The van der Waals surface area contributed by atoms with Gasteiger partial charge in [0.2, 0.25) is 11.8 Å². The third-order valence-electron chi connectivity index (χ3n) is 6.44. The number of hydrogen-bond acceptors (Lipinski definition) is 6. The summed E-state index contributed by atoms with van der Waals surface area (Å²) >= 11 is 1.51. The Labute approximate surface area is 202 Å². The first-order valence-corrected chi connectivity index (χ1v) is 12.5. The fourth-order valence-corrected chi connectivity index (χ4v) is 5.56. The summed E-state index contributed by atoms with van der Waals surface area (Å²) in [4.78, 5) is 44.1. The van der Waals surface area contributed by atoms with E-state index in [4.69, 9.17) is 9.47 Å². The standard InChI is InChI=1S/C25H27N3O5S/c29-23(15-28-21-8-4-5-9-22(21)34-17-24(28)30)26-12-10-18(11-13-26)27-14-20(33-25(27)31)16-32-19-6-2-1-3-7-19/h1-9,18,20H,10-17H2. The molecule has 0 saturated carbocycles. The van der Waals surface area contributed by atoms with Gasteiger partial charge in [0.05, 0.1) is 18.0 Å². The molecule has 5 rings (SSSR count). The summed E-state index contributed by atoms with van der Waals surface area (Å²) in [6, 6.07) is 17.2. The minimum Gasteiger partial charge on any atom is -0.490 e. The quantitative estimate of drug-likeness (QED) is 0.631. The number of carbonyl (C=O) groups excluding carboxylic acids is 3. The molecule has 3 aliphatic rings. The first-order chi connectivity index (χ1) is 16.6. The lowest BCUT2D eigenvalue weighted by Gasteiger charge is -2.37. The average Bonchev–Trinajstić information content (AvgIpc) is 3.25. The number of anilines is 1. The van der Waals surface area contributed by atoms with Crippen molar-refractivity contribution < 1.29 is 23.9 Å². The molecule has 0 aromatic heterocycles. The van der Waals surface area contributed by atoms with Crippen molar-refractivity contribution in [2.75, 3.05) is 43.4 Å². The largest absolute Gasteiger partial charge is 0.490 e. The fourth-order valence-electron chi connectivity index (χ4n) is 4.62. The minimum atomic E-state index is -0.320. The van der Waals surface area contributed by atoms with Crippen LogP contribution < -0.4 is 9.64 Å². The van der Waals surface area contributed by atoms with E-state index in [9.17, 15) is 14.4 Å². The van der Waals surface area contributed by atoms with Gasteiger partial charge < -0.3 is 24.2 Å². The van der Waals surface area contributed by atoms with Crippen molar-refractivity contribution >= 4 is 35.4 Å². The third-order valence-corrected chi connectivity index (χ3v) is 7.49. The van der Waals surface area contributed by atoms with E-state index in [0.29, 0.717) is 44.8 Å². The van der Waals surface area contributed by atoms with Gasteiger partial charge in [0.25, 0.3) is 0 Å². The van der Waals surface area contributed by atoms with Gasteiger partial charge in [0, 0.05) is 24.0 Å². The molecule has 1 atom stereocenters. The van der Waals surface area contributed by atoms with Gasteiger partial charge in [-0.2, -0.15) is 0 Å². The molecule has 3 heterocycles. The molecule has 3 aliphatic heterocycles. The number of nitrogens with zero attached hydrogens (tertiary/aromatic N) is 3. The molecule has 3 amide bonds. The number of para-hydroxylation sites is 2. The van der Waals surface area contributed by atoms with E-state index in [0.717, 1.165) is 16.3 Å². The van der Waals surface area contributed by atoms with Crippen LogP contribution in [-0.4, -0.2) is 78.4 Å². The maximum Gasteiger partial charge on any atom is 0.410 e. The molecule has 2 saturated heterocycles. The van der Waals surface area contributed by atoms with Crippen molar-refractivity contribution in [1.29, 1.82) is 0 Å². The van der Waals surface area contributed by atoms with Crippen LogP contribution >= 0.6 is 11.8 Å². The van der Waals surface area contributed by atoms with Gasteiger partial charge >= 0.3 is 6.09 Å². The molecule has 8 nitrogen and oxygen atoms in total. The minimum absolute atomic E-state index is 0.0343. The lowest BCUT2D eigenvalue weighted by molar-refractivity contribution is -0.132. The molecule has 2 aromatic carbocycles. The zero-order chi connectivity index (χ0) is 23.5. The summed E-state index contributed by atoms with van der Waals surface area (Å²) < 4.78 is 11.2. The molecule has 34 heavy (non-hydrogen) atoms. The van der Waals surface area contributed by atoms with Gasteiger partial charge in [-0.15, -0.1) is 11.8 Å². The van der Waals surface area contributed by atoms with Gasteiger partial charge in [0.1, 0.15) is 18.9 Å². The van der Waals surface area contributed by atoms with Crippen molar-refractivity contribution in [2.24, 2.45) is 0 Å². The highest BCUT2D eigenvalue weighted by Gasteiger charge is 2.38. The van der Waals surface area contributed by atoms with Gasteiger partial charge in [-0.3, -0.25) is 9.59 Å². The number of amides is 3. The number of cyclic esters (lactones) is 1. The Hall–Kier alpha value is -3.20. The highest BCUT2D eigenvalue weighted by molar-refractivity contribution is 8.00. The molecular formula is C25H27N3O5S. The summed E-state index contributed by atoms with van der Waals surface area (Å²) in [6.07, 6.45) is 0.746. The number of carbonyl (C=O) groups is 3. The van der Waals surface area contributed by atoms with Crippen LogP contribution in [0.1, 0.15) is 12.8 Å². The molecule has 0 N–H and O–H groups in total. The SMILES string of the molecule is O=C(CN1C(=O)CSc2ccccc21)N1CCC(N2CC(COc3ccccc3)OC2=O)CC1. The van der Waals surface area contributed by atoms with E-state index in [-0.39, 0.29) is 36.6 Å². The normalized spacial score (nSPS) is 20.8. The topological polar surface area (TPSA) is 79.4 Å². The maximum atomic E-state index is 13.0. The van der Waals surface area contributed by atoms with Crippen LogP contribution in [0.15, 0.2) is 59.5 Å².